The van der Waals surface area contributed by atoms with Crippen molar-refractivity contribution in [1.29, 1.82) is 0 Å². The van der Waals surface area contributed by atoms with Crippen LogP contribution < -0.4 is 0 Å². The SMILES string of the molecule is CC(C)[C@H]1CC[C@@H]2[C@]1(C)CC[C@]1(C)[C@@]34O[C@@H]3C[C@H]3C(C)(C)CCC[C@]3(CO)[C@H]4CC[C@@]21C. The molecule has 10 atom stereocenters. The lowest BCUT2D eigenvalue weighted by atomic mass is 9.33. The third kappa shape index (κ3) is 2.23. The average molecular weight is 443 g/mol. The first kappa shape index (κ1) is 22.4. The largest absolute Gasteiger partial charge is 0.396 e. The minimum absolute atomic E-state index is 0.0455. The number of aliphatic hydroxyl groups excluding tert-OH is 1. The number of hydrogen-bond donors (Lipinski definition) is 1. The van der Waals surface area contributed by atoms with Crippen LogP contribution >= 0.6 is 0 Å². The van der Waals surface area contributed by atoms with E-state index < -0.39 is 0 Å². The molecule has 6 rings (SSSR count). The van der Waals surface area contributed by atoms with Gasteiger partial charge in [0.25, 0.3) is 0 Å². The lowest BCUT2D eigenvalue weighted by Crippen LogP contribution is -2.70. The topological polar surface area (TPSA) is 32.8 Å². The molecule has 1 spiro atoms. The molecule has 1 heterocycles. The summed E-state index contributed by atoms with van der Waals surface area (Å²) in [6.45, 7) is 18.3. The molecule has 6 aliphatic rings. The second-order valence-corrected chi connectivity index (χ2v) is 15.2. The van der Waals surface area contributed by atoms with E-state index in [2.05, 4.69) is 48.5 Å². The van der Waals surface area contributed by atoms with Crippen LogP contribution in [0.1, 0.15) is 113 Å². The molecular formula is C30H50O2. The molecule has 0 amide bonds. The van der Waals surface area contributed by atoms with Gasteiger partial charge in [-0.15, -0.1) is 0 Å². The zero-order chi connectivity index (χ0) is 22.9. The van der Waals surface area contributed by atoms with Crippen LogP contribution in [0.15, 0.2) is 0 Å². The van der Waals surface area contributed by atoms with Crippen LogP contribution in [0, 0.1) is 56.7 Å². The van der Waals surface area contributed by atoms with Gasteiger partial charge in [0.2, 0.25) is 0 Å². The second-order valence-electron chi connectivity index (χ2n) is 15.2. The van der Waals surface area contributed by atoms with Crippen LogP contribution in [0.3, 0.4) is 0 Å². The Labute approximate surface area is 197 Å². The van der Waals surface area contributed by atoms with Crippen molar-refractivity contribution in [2.75, 3.05) is 6.61 Å². The Morgan fingerprint density at radius 2 is 1.59 bits per heavy atom. The third-order valence-electron chi connectivity index (χ3n) is 14.0. The Hall–Kier alpha value is -0.0800. The average Bonchev–Trinajstić information content (AvgIpc) is 3.35. The van der Waals surface area contributed by atoms with Crippen LogP contribution in [0.2, 0.25) is 0 Å². The second kappa shape index (κ2) is 6.37. The summed E-state index contributed by atoms with van der Waals surface area (Å²) in [6.07, 6.45) is 13.7. The van der Waals surface area contributed by atoms with Crippen LogP contribution in [0.5, 0.6) is 0 Å². The monoisotopic (exact) mass is 442 g/mol. The highest BCUT2D eigenvalue weighted by Gasteiger charge is 2.84. The minimum Gasteiger partial charge on any atom is -0.396 e. The molecule has 0 bridgehead atoms. The van der Waals surface area contributed by atoms with Crippen LogP contribution in [0.4, 0.5) is 0 Å². The van der Waals surface area contributed by atoms with Crippen LogP contribution in [-0.4, -0.2) is 23.4 Å². The quantitative estimate of drug-likeness (QED) is 0.457. The molecule has 0 aromatic rings. The predicted octanol–water partition coefficient (Wildman–Crippen LogP) is 7.24. The zero-order valence-corrected chi connectivity index (χ0v) is 22.1. The van der Waals surface area contributed by atoms with Gasteiger partial charge in [0.15, 0.2) is 0 Å². The normalized spacial score (nSPS) is 60.1. The fourth-order valence-electron chi connectivity index (χ4n) is 12.5. The minimum atomic E-state index is 0.0455. The van der Waals surface area contributed by atoms with Gasteiger partial charge in [-0.05, 0) is 104 Å². The highest BCUT2D eigenvalue weighted by atomic mass is 16.6. The van der Waals surface area contributed by atoms with Crippen LogP contribution in [-0.2, 0) is 4.74 Å². The summed E-state index contributed by atoms with van der Waals surface area (Å²) in [5, 5.41) is 11.1. The van der Waals surface area contributed by atoms with Crippen molar-refractivity contribution >= 4 is 0 Å². The maximum absolute atomic E-state index is 11.1. The molecule has 1 N–H and O–H groups in total. The smallest absolute Gasteiger partial charge is 0.104 e. The van der Waals surface area contributed by atoms with Gasteiger partial charge in [-0.25, -0.2) is 0 Å². The standard InChI is InChI=1S/C30H50O2/c1-19(2)20-9-10-21-26(20,5)15-16-28(7)27(21,6)14-11-22-29(18-31)13-8-12-25(3,4)23(29)17-24-30(22,28)32-24/h19-24,31H,8-18H2,1-7H3/t20-,21-,22-,23+,24-,26-,27+,28+,29+,30+/m1/s1. The van der Waals surface area contributed by atoms with E-state index in [1.54, 1.807) is 0 Å². The summed E-state index contributed by atoms with van der Waals surface area (Å²) in [5.41, 5.74) is 1.62. The van der Waals surface area contributed by atoms with Gasteiger partial charge in [-0.2, -0.15) is 0 Å². The summed E-state index contributed by atoms with van der Waals surface area (Å²) in [7, 11) is 0. The van der Waals surface area contributed by atoms with Crippen molar-refractivity contribution in [2.24, 2.45) is 56.7 Å². The molecule has 0 aromatic heterocycles. The molecule has 2 nitrogen and oxygen atoms in total. The van der Waals surface area contributed by atoms with Crippen molar-refractivity contribution in [3.8, 4) is 0 Å². The van der Waals surface area contributed by atoms with Gasteiger partial charge in [0.1, 0.15) is 5.60 Å². The van der Waals surface area contributed by atoms with Gasteiger partial charge in [-0.1, -0.05) is 54.9 Å². The van der Waals surface area contributed by atoms with Crippen molar-refractivity contribution < 1.29 is 9.84 Å². The molecule has 1 saturated heterocycles. The van der Waals surface area contributed by atoms with Gasteiger partial charge in [0, 0.05) is 17.4 Å². The Morgan fingerprint density at radius 3 is 2.28 bits per heavy atom. The number of fused-ring (bicyclic) bond motifs is 5. The fourth-order valence-corrected chi connectivity index (χ4v) is 12.5. The number of hydrogen-bond acceptors (Lipinski definition) is 2. The van der Waals surface area contributed by atoms with Gasteiger partial charge in [0.05, 0.1) is 6.10 Å². The van der Waals surface area contributed by atoms with Gasteiger partial charge >= 0.3 is 0 Å². The summed E-state index contributed by atoms with van der Waals surface area (Å²) in [4.78, 5) is 0. The molecule has 0 unspecified atom stereocenters. The van der Waals surface area contributed by atoms with Crippen molar-refractivity contribution in [1.82, 2.24) is 0 Å². The third-order valence-corrected chi connectivity index (χ3v) is 14.0. The molecule has 5 saturated carbocycles. The molecule has 1 aliphatic heterocycles. The zero-order valence-electron chi connectivity index (χ0n) is 22.1. The first-order valence-corrected chi connectivity index (χ1v) is 14.2. The number of rotatable bonds is 2. The molecule has 2 heteroatoms. The lowest BCUT2D eigenvalue weighted by Gasteiger charge is -2.70. The summed E-state index contributed by atoms with van der Waals surface area (Å²) in [6, 6.07) is 0. The summed E-state index contributed by atoms with van der Waals surface area (Å²) in [5.74, 6) is 3.71. The predicted molar refractivity (Wildman–Crippen MR) is 130 cm³/mol. The molecule has 5 aliphatic carbocycles. The molecule has 0 radical (unpaired) electrons. The number of aliphatic hydroxyl groups is 1. The maximum atomic E-state index is 11.1. The Balaban J connectivity index is 1.43. The van der Waals surface area contributed by atoms with Crippen LogP contribution in [0.25, 0.3) is 0 Å². The first-order chi connectivity index (χ1) is 14.9. The van der Waals surface area contributed by atoms with Gasteiger partial charge < -0.3 is 9.84 Å². The maximum Gasteiger partial charge on any atom is 0.104 e. The lowest BCUT2D eigenvalue weighted by molar-refractivity contribution is -0.230. The molecule has 6 fully saturated rings. The van der Waals surface area contributed by atoms with E-state index in [0.717, 1.165) is 17.8 Å². The van der Waals surface area contributed by atoms with Crippen molar-refractivity contribution in [3.63, 3.8) is 0 Å². The molecule has 0 aromatic carbocycles. The Kier molecular flexibility index (Phi) is 4.46. The summed E-state index contributed by atoms with van der Waals surface area (Å²) >= 11 is 0. The van der Waals surface area contributed by atoms with E-state index in [9.17, 15) is 5.11 Å². The summed E-state index contributed by atoms with van der Waals surface area (Å²) < 4.78 is 7.06. The molecular weight excluding hydrogens is 392 g/mol. The number of ether oxygens (including phenoxy) is 1. The van der Waals surface area contributed by atoms with E-state index in [1.165, 1.54) is 64.2 Å². The van der Waals surface area contributed by atoms with E-state index in [1.807, 2.05) is 0 Å². The fraction of sp³-hybridized carbons (Fsp3) is 1.00. The van der Waals surface area contributed by atoms with E-state index in [0.29, 0.717) is 40.8 Å². The van der Waals surface area contributed by atoms with Crippen molar-refractivity contribution in [2.45, 2.75) is 124 Å². The highest BCUT2D eigenvalue weighted by Crippen LogP contribution is 2.83. The molecule has 32 heavy (non-hydrogen) atoms. The van der Waals surface area contributed by atoms with E-state index >= 15 is 0 Å². The van der Waals surface area contributed by atoms with E-state index in [4.69, 9.17) is 4.74 Å². The Morgan fingerprint density at radius 1 is 0.844 bits per heavy atom. The Bertz CT molecular complexity index is 803. The molecule has 182 valence electrons. The van der Waals surface area contributed by atoms with Crippen molar-refractivity contribution in [3.05, 3.63) is 0 Å². The van der Waals surface area contributed by atoms with E-state index in [-0.39, 0.29) is 16.4 Å². The highest BCUT2D eigenvalue weighted by molar-refractivity contribution is 5.32. The number of epoxide rings is 1. The first-order valence-electron chi connectivity index (χ1n) is 14.2. The van der Waals surface area contributed by atoms with Gasteiger partial charge in [-0.3, -0.25) is 0 Å².